The summed E-state index contributed by atoms with van der Waals surface area (Å²) >= 11 is 0. The first-order valence-corrected chi connectivity index (χ1v) is 6.79. The summed E-state index contributed by atoms with van der Waals surface area (Å²) in [4.78, 5) is 13.4. The molecule has 2 aliphatic heterocycles. The summed E-state index contributed by atoms with van der Waals surface area (Å²) in [6.45, 7) is 2.17. The molecule has 94 valence electrons. The zero-order valence-electron chi connectivity index (χ0n) is 10.6. The fraction of sp³-hybridized carbons (Fsp3) is 0.438. The molecule has 0 N–H and O–H groups in total. The molecular formula is C16H19NO. The molecule has 0 amide bonds. The molecule has 3 rings (SSSR count). The van der Waals surface area contributed by atoms with Crippen molar-refractivity contribution >= 4 is 12.4 Å². The Labute approximate surface area is 108 Å². The van der Waals surface area contributed by atoms with E-state index in [1.807, 2.05) is 0 Å². The lowest BCUT2D eigenvalue weighted by atomic mass is 9.92. The highest BCUT2D eigenvalue weighted by Gasteiger charge is 2.33. The smallest absolute Gasteiger partial charge is 0.123 e. The lowest BCUT2D eigenvalue weighted by molar-refractivity contribution is -0.112. The van der Waals surface area contributed by atoms with Gasteiger partial charge < -0.3 is 4.79 Å². The number of carbonyl (C=O) groups is 1. The van der Waals surface area contributed by atoms with E-state index >= 15 is 0 Å². The van der Waals surface area contributed by atoms with Gasteiger partial charge in [-0.1, -0.05) is 42.0 Å². The summed E-state index contributed by atoms with van der Waals surface area (Å²) < 4.78 is 0. The topological polar surface area (TPSA) is 20.3 Å². The van der Waals surface area contributed by atoms with Crippen LogP contribution in [-0.2, 0) is 4.79 Å². The monoisotopic (exact) mass is 241 g/mol. The summed E-state index contributed by atoms with van der Waals surface area (Å²) in [6, 6.07) is 11.1. The largest absolute Gasteiger partial charge is 0.303 e. The first-order chi connectivity index (χ1) is 8.85. The Morgan fingerprint density at radius 1 is 1.22 bits per heavy atom. The van der Waals surface area contributed by atoms with Crippen LogP contribution in [-0.4, -0.2) is 30.3 Å². The Kier molecular flexibility index (Phi) is 3.28. The van der Waals surface area contributed by atoms with Gasteiger partial charge in [0.15, 0.2) is 0 Å². The van der Waals surface area contributed by atoms with Gasteiger partial charge in [0.05, 0.1) is 0 Å². The van der Waals surface area contributed by atoms with Crippen LogP contribution in [0.15, 0.2) is 35.9 Å². The molecule has 1 unspecified atom stereocenters. The van der Waals surface area contributed by atoms with Crippen LogP contribution < -0.4 is 0 Å². The molecule has 2 fully saturated rings. The Bertz CT molecular complexity index is 451. The van der Waals surface area contributed by atoms with Gasteiger partial charge in [0.2, 0.25) is 0 Å². The van der Waals surface area contributed by atoms with Gasteiger partial charge in [-0.15, -0.1) is 0 Å². The van der Waals surface area contributed by atoms with E-state index in [2.05, 4.69) is 41.3 Å². The standard InChI is InChI=1S/C16H19NO/c18-12-14-6-7-17-11-15(10-16(17)9-14)8-13-4-2-1-3-5-13/h1-5,8,12,14,16H,6-7,9-11H2/t14?,16-/m0/s1. The van der Waals surface area contributed by atoms with Crippen molar-refractivity contribution in [3.63, 3.8) is 0 Å². The third-order valence-electron chi connectivity index (χ3n) is 4.15. The van der Waals surface area contributed by atoms with Crippen LogP contribution in [0.3, 0.4) is 0 Å². The normalized spacial score (nSPS) is 30.3. The fourth-order valence-corrected chi connectivity index (χ4v) is 3.19. The maximum Gasteiger partial charge on any atom is 0.123 e. The van der Waals surface area contributed by atoms with E-state index < -0.39 is 0 Å². The number of piperidine rings is 1. The highest BCUT2D eigenvalue weighted by Crippen LogP contribution is 2.33. The Hall–Kier alpha value is -1.41. The molecule has 2 heterocycles. The second-order valence-electron chi connectivity index (χ2n) is 5.46. The number of fused-ring (bicyclic) bond motifs is 1. The molecule has 1 aromatic rings. The molecule has 2 heteroatoms. The van der Waals surface area contributed by atoms with Crippen molar-refractivity contribution in [2.45, 2.75) is 25.3 Å². The van der Waals surface area contributed by atoms with Crippen molar-refractivity contribution in [1.82, 2.24) is 4.90 Å². The van der Waals surface area contributed by atoms with E-state index in [0.29, 0.717) is 12.0 Å². The number of hydrogen-bond donors (Lipinski definition) is 0. The van der Waals surface area contributed by atoms with Gasteiger partial charge in [0, 0.05) is 18.5 Å². The van der Waals surface area contributed by atoms with Crippen molar-refractivity contribution in [3.05, 3.63) is 41.5 Å². The van der Waals surface area contributed by atoms with Gasteiger partial charge >= 0.3 is 0 Å². The summed E-state index contributed by atoms with van der Waals surface area (Å²) in [5, 5.41) is 0. The van der Waals surface area contributed by atoms with E-state index in [1.54, 1.807) is 0 Å². The van der Waals surface area contributed by atoms with Gasteiger partial charge in [-0.2, -0.15) is 0 Å². The number of benzene rings is 1. The average molecular weight is 241 g/mol. The molecule has 0 saturated carbocycles. The first-order valence-electron chi connectivity index (χ1n) is 6.79. The maximum absolute atomic E-state index is 10.9. The van der Waals surface area contributed by atoms with Crippen molar-refractivity contribution in [2.24, 2.45) is 5.92 Å². The zero-order valence-corrected chi connectivity index (χ0v) is 10.6. The number of nitrogens with zero attached hydrogens (tertiary/aromatic N) is 1. The van der Waals surface area contributed by atoms with E-state index in [9.17, 15) is 4.79 Å². The third kappa shape index (κ3) is 2.39. The molecule has 0 aliphatic carbocycles. The summed E-state index contributed by atoms with van der Waals surface area (Å²) in [5.41, 5.74) is 2.80. The van der Waals surface area contributed by atoms with E-state index in [4.69, 9.17) is 0 Å². The van der Waals surface area contributed by atoms with E-state index in [1.165, 1.54) is 11.1 Å². The molecule has 2 nitrogen and oxygen atoms in total. The van der Waals surface area contributed by atoms with Crippen molar-refractivity contribution < 1.29 is 4.79 Å². The maximum atomic E-state index is 10.9. The summed E-state index contributed by atoms with van der Waals surface area (Å²) in [5.74, 6) is 0.294. The molecule has 2 saturated heterocycles. The predicted molar refractivity (Wildman–Crippen MR) is 73.2 cm³/mol. The Morgan fingerprint density at radius 3 is 2.83 bits per heavy atom. The van der Waals surface area contributed by atoms with Crippen LogP contribution in [0.5, 0.6) is 0 Å². The second-order valence-corrected chi connectivity index (χ2v) is 5.46. The summed E-state index contributed by atoms with van der Waals surface area (Å²) in [7, 11) is 0. The summed E-state index contributed by atoms with van der Waals surface area (Å²) in [6.07, 6.45) is 6.69. The minimum Gasteiger partial charge on any atom is -0.303 e. The Balaban J connectivity index is 1.71. The Morgan fingerprint density at radius 2 is 2.06 bits per heavy atom. The van der Waals surface area contributed by atoms with Gasteiger partial charge in [-0.25, -0.2) is 0 Å². The van der Waals surface area contributed by atoms with E-state index in [-0.39, 0.29) is 0 Å². The predicted octanol–water partition coefficient (Wildman–Crippen LogP) is 2.75. The quantitative estimate of drug-likeness (QED) is 0.742. The number of carbonyl (C=O) groups excluding carboxylic acids is 1. The number of rotatable bonds is 2. The average Bonchev–Trinajstić information content (AvgIpc) is 2.80. The molecule has 0 spiro atoms. The van der Waals surface area contributed by atoms with Crippen LogP contribution in [0.25, 0.3) is 6.08 Å². The molecule has 2 aliphatic rings. The molecule has 0 aromatic heterocycles. The lowest BCUT2D eigenvalue weighted by Crippen LogP contribution is -2.38. The molecule has 0 radical (unpaired) electrons. The minimum atomic E-state index is 0.294. The van der Waals surface area contributed by atoms with Crippen molar-refractivity contribution in [1.29, 1.82) is 0 Å². The minimum absolute atomic E-state index is 0.294. The molecule has 0 bridgehead atoms. The third-order valence-corrected chi connectivity index (χ3v) is 4.15. The molecule has 2 atom stereocenters. The lowest BCUT2D eigenvalue weighted by Gasteiger charge is -2.31. The van der Waals surface area contributed by atoms with Gasteiger partial charge in [-0.05, 0) is 31.4 Å². The fourth-order valence-electron chi connectivity index (χ4n) is 3.19. The zero-order chi connectivity index (χ0) is 12.4. The molecule has 1 aromatic carbocycles. The molecular weight excluding hydrogens is 222 g/mol. The number of aldehydes is 1. The van der Waals surface area contributed by atoms with Crippen molar-refractivity contribution in [3.8, 4) is 0 Å². The van der Waals surface area contributed by atoms with E-state index in [0.717, 1.165) is 38.6 Å². The second kappa shape index (κ2) is 5.07. The van der Waals surface area contributed by atoms with Crippen LogP contribution in [0.2, 0.25) is 0 Å². The van der Waals surface area contributed by atoms with Gasteiger partial charge in [-0.3, -0.25) is 4.90 Å². The van der Waals surface area contributed by atoms with Crippen molar-refractivity contribution in [2.75, 3.05) is 13.1 Å². The van der Waals surface area contributed by atoms with Crippen LogP contribution in [0, 0.1) is 5.92 Å². The first kappa shape index (κ1) is 11.7. The molecule has 18 heavy (non-hydrogen) atoms. The van der Waals surface area contributed by atoms with Gasteiger partial charge in [0.25, 0.3) is 0 Å². The van der Waals surface area contributed by atoms with Gasteiger partial charge in [0.1, 0.15) is 6.29 Å². The van der Waals surface area contributed by atoms with Crippen LogP contribution in [0.1, 0.15) is 24.8 Å². The van der Waals surface area contributed by atoms with Crippen LogP contribution in [0.4, 0.5) is 0 Å². The number of hydrogen-bond acceptors (Lipinski definition) is 2. The SMILES string of the molecule is O=CC1CCN2CC(=Cc3ccccc3)C[C@@H]2C1. The highest BCUT2D eigenvalue weighted by molar-refractivity contribution is 5.55. The highest BCUT2D eigenvalue weighted by atomic mass is 16.1. The van der Waals surface area contributed by atoms with Crippen LogP contribution >= 0.6 is 0 Å².